The third kappa shape index (κ3) is 4.75. The van der Waals surface area contributed by atoms with Gasteiger partial charge in [-0.1, -0.05) is 36.4 Å². The van der Waals surface area contributed by atoms with Crippen LogP contribution in [0.1, 0.15) is 16.1 Å². The molecule has 0 radical (unpaired) electrons. The third-order valence-electron chi connectivity index (χ3n) is 5.70. The lowest BCUT2D eigenvalue weighted by Gasteiger charge is -2.43. The molecule has 1 saturated heterocycles. The molecule has 0 unspecified atom stereocenters. The molecule has 1 atom stereocenters. The summed E-state index contributed by atoms with van der Waals surface area (Å²) >= 11 is 0. The lowest BCUT2D eigenvalue weighted by atomic mass is 9.87. The molecule has 33 heavy (non-hydrogen) atoms. The number of aromatic nitrogens is 2. The van der Waals surface area contributed by atoms with E-state index in [-0.39, 0.29) is 42.9 Å². The summed E-state index contributed by atoms with van der Waals surface area (Å²) in [5.41, 5.74) is 1.54. The molecule has 0 bridgehead atoms. The van der Waals surface area contributed by atoms with Gasteiger partial charge in [0.05, 0.1) is 19.3 Å². The Labute approximate surface area is 191 Å². The van der Waals surface area contributed by atoms with Gasteiger partial charge >= 0.3 is 0 Å². The Kier molecular flexibility index (Phi) is 6.46. The van der Waals surface area contributed by atoms with Crippen molar-refractivity contribution in [2.45, 2.75) is 12.0 Å². The molecule has 2 aromatic carbocycles. The zero-order chi connectivity index (χ0) is 23.4. The first-order chi connectivity index (χ1) is 15.9. The molecule has 1 aromatic heterocycles. The summed E-state index contributed by atoms with van der Waals surface area (Å²) in [6.07, 6.45) is 4.63. The van der Waals surface area contributed by atoms with Crippen molar-refractivity contribution in [1.29, 1.82) is 0 Å². The highest BCUT2D eigenvalue weighted by Gasteiger charge is 2.46. The molecule has 170 valence electrons. The van der Waals surface area contributed by atoms with Crippen LogP contribution >= 0.6 is 0 Å². The molecule has 7 nitrogen and oxygen atoms in total. The van der Waals surface area contributed by atoms with Crippen molar-refractivity contribution >= 4 is 11.8 Å². The molecule has 8 heteroatoms. The minimum Gasteiger partial charge on any atom is -0.361 e. The van der Waals surface area contributed by atoms with Crippen molar-refractivity contribution in [2.75, 3.05) is 33.8 Å². The second-order valence-corrected chi connectivity index (χ2v) is 8.20. The van der Waals surface area contributed by atoms with Gasteiger partial charge in [0.2, 0.25) is 0 Å². The van der Waals surface area contributed by atoms with Crippen LogP contribution in [0.2, 0.25) is 0 Å². The van der Waals surface area contributed by atoms with Crippen LogP contribution in [0.3, 0.4) is 0 Å². The highest BCUT2D eigenvalue weighted by atomic mass is 19.1. The van der Waals surface area contributed by atoms with Crippen LogP contribution in [0.4, 0.5) is 4.39 Å². The summed E-state index contributed by atoms with van der Waals surface area (Å²) in [5, 5.41) is 0. The smallest absolute Gasteiger partial charge is 0.274 e. The second-order valence-electron chi connectivity index (χ2n) is 8.20. The van der Waals surface area contributed by atoms with E-state index in [1.165, 1.54) is 35.6 Å². The van der Waals surface area contributed by atoms with Crippen LogP contribution in [0.15, 0.2) is 67.1 Å². The number of ether oxygens (including phenoxy) is 1. The van der Waals surface area contributed by atoms with Crippen molar-refractivity contribution < 1.29 is 18.7 Å². The summed E-state index contributed by atoms with van der Waals surface area (Å²) in [6, 6.07) is 13.9. The number of rotatable bonds is 5. The third-order valence-corrected chi connectivity index (χ3v) is 5.70. The van der Waals surface area contributed by atoms with Gasteiger partial charge in [-0.25, -0.2) is 9.37 Å². The van der Waals surface area contributed by atoms with Crippen LogP contribution in [0.5, 0.6) is 0 Å². The van der Waals surface area contributed by atoms with E-state index >= 15 is 0 Å². The van der Waals surface area contributed by atoms with Crippen molar-refractivity contribution in [2.24, 2.45) is 0 Å². The van der Waals surface area contributed by atoms with Gasteiger partial charge in [-0.05, 0) is 28.8 Å². The van der Waals surface area contributed by atoms with Crippen LogP contribution in [-0.4, -0.2) is 71.0 Å². The van der Waals surface area contributed by atoms with E-state index in [0.29, 0.717) is 6.54 Å². The molecule has 0 saturated carbocycles. The van der Waals surface area contributed by atoms with Gasteiger partial charge in [0.25, 0.3) is 11.8 Å². The number of nitrogens with zero attached hydrogens (tertiary/aromatic N) is 4. The highest BCUT2D eigenvalue weighted by molar-refractivity contribution is 5.93. The Morgan fingerprint density at radius 1 is 1.12 bits per heavy atom. The molecule has 0 N–H and O–H groups in total. The Bertz CT molecular complexity index is 1140. The summed E-state index contributed by atoms with van der Waals surface area (Å²) in [4.78, 5) is 37.6. The molecule has 2 amide bonds. The molecule has 2 heterocycles. The van der Waals surface area contributed by atoms with Crippen molar-refractivity contribution in [1.82, 2.24) is 19.8 Å². The summed E-state index contributed by atoms with van der Waals surface area (Å²) in [7, 11) is 3.34. The first-order valence-electron chi connectivity index (χ1n) is 10.6. The van der Waals surface area contributed by atoms with Gasteiger partial charge in [0, 0.05) is 39.5 Å². The van der Waals surface area contributed by atoms with E-state index in [1.54, 1.807) is 31.1 Å². The number of morpholine rings is 1. The average Bonchev–Trinajstić information content (AvgIpc) is 2.84. The molecular weight excluding hydrogens is 423 g/mol. The number of benzene rings is 2. The highest BCUT2D eigenvalue weighted by Crippen LogP contribution is 2.31. The quantitative estimate of drug-likeness (QED) is 0.600. The number of hydrogen-bond acceptors (Lipinski definition) is 5. The maximum Gasteiger partial charge on any atom is 0.274 e. The maximum absolute atomic E-state index is 13.5. The lowest BCUT2D eigenvalue weighted by molar-refractivity contribution is -0.165. The predicted octanol–water partition coefficient (Wildman–Crippen LogP) is 2.82. The Balaban J connectivity index is 1.70. The fourth-order valence-corrected chi connectivity index (χ4v) is 4.14. The van der Waals surface area contributed by atoms with E-state index in [4.69, 9.17) is 4.74 Å². The number of halogens is 1. The molecule has 1 fully saturated rings. The Morgan fingerprint density at radius 3 is 2.58 bits per heavy atom. The standard InChI is InChI=1S/C25H25FN4O3/c1-29(2)24(32)25(17-30(13-14-33-25)23(31)22-16-27-11-12-28-22)15-19-5-3-4-6-21(19)18-7-9-20(26)10-8-18/h3-12,16H,13-15,17H2,1-2H3/t25-/m0/s1. The number of carbonyl (C=O) groups is 2. The molecule has 4 rings (SSSR count). The van der Waals surface area contributed by atoms with Crippen molar-refractivity contribution in [3.8, 4) is 11.1 Å². The van der Waals surface area contributed by atoms with E-state index in [2.05, 4.69) is 9.97 Å². The molecule has 1 aliphatic heterocycles. The van der Waals surface area contributed by atoms with E-state index in [1.807, 2.05) is 24.3 Å². The monoisotopic (exact) mass is 448 g/mol. The SMILES string of the molecule is CN(C)C(=O)[C@]1(Cc2ccccc2-c2ccc(F)cc2)CN(C(=O)c2cnccn2)CCO1. The fraction of sp³-hybridized carbons (Fsp3) is 0.280. The first-order valence-corrected chi connectivity index (χ1v) is 10.6. The van der Waals surface area contributed by atoms with Gasteiger partial charge in [0.15, 0.2) is 5.60 Å². The van der Waals surface area contributed by atoms with Crippen LogP contribution in [-0.2, 0) is 16.0 Å². The molecule has 0 aliphatic carbocycles. The normalized spacial score (nSPS) is 18.1. The van der Waals surface area contributed by atoms with Crippen molar-refractivity contribution in [3.63, 3.8) is 0 Å². The van der Waals surface area contributed by atoms with E-state index in [0.717, 1.165) is 16.7 Å². The average molecular weight is 448 g/mol. The minimum absolute atomic E-state index is 0.0805. The van der Waals surface area contributed by atoms with Gasteiger partial charge < -0.3 is 14.5 Å². The lowest BCUT2D eigenvalue weighted by Crippen LogP contribution is -2.61. The van der Waals surface area contributed by atoms with E-state index in [9.17, 15) is 14.0 Å². The van der Waals surface area contributed by atoms with Crippen LogP contribution in [0.25, 0.3) is 11.1 Å². The van der Waals surface area contributed by atoms with Crippen LogP contribution in [0, 0.1) is 5.82 Å². The number of amides is 2. The van der Waals surface area contributed by atoms with E-state index < -0.39 is 5.60 Å². The number of likely N-dealkylation sites (N-methyl/N-ethyl adjacent to an activating group) is 1. The van der Waals surface area contributed by atoms with Gasteiger partial charge in [-0.2, -0.15) is 0 Å². The Hall–Kier alpha value is -3.65. The molecule has 3 aromatic rings. The van der Waals surface area contributed by atoms with Crippen molar-refractivity contribution in [3.05, 3.63) is 84.2 Å². The fourth-order valence-electron chi connectivity index (χ4n) is 4.14. The predicted molar refractivity (Wildman–Crippen MR) is 121 cm³/mol. The summed E-state index contributed by atoms with van der Waals surface area (Å²) in [5.74, 6) is -0.841. The Morgan fingerprint density at radius 2 is 1.88 bits per heavy atom. The van der Waals surface area contributed by atoms with Crippen LogP contribution < -0.4 is 0 Å². The topological polar surface area (TPSA) is 75.6 Å². The molecule has 0 spiro atoms. The maximum atomic E-state index is 13.5. The van der Waals surface area contributed by atoms with Gasteiger partial charge in [-0.15, -0.1) is 0 Å². The summed E-state index contributed by atoms with van der Waals surface area (Å²) < 4.78 is 19.6. The number of hydrogen-bond donors (Lipinski definition) is 0. The van der Waals surface area contributed by atoms with Gasteiger partial charge in [0.1, 0.15) is 11.5 Å². The first kappa shape index (κ1) is 22.5. The van der Waals surface area contributed by atoms with Gasteiger partial charge in [-0.3, -0.25) is 14.6 Å². The zero-order valence-corrected chi connectivity index (χ0v) is 18.6. The largest absolute Gasteiger partial charge is 0.361 e. The summed E-state index contributed by atoms with van der Waals surface area (Å²) in [6.45, 7) is 0.638. The second kappa shape index (κ2) is 9.46. The minimum atomic E-state index is -1.27. The molecular formula is C25H25FN4O3. The zero-order valence-electron chi connectivity index (χ0n) is 18.6. The number of carbonyl (C=O) groups excluding carboxylic acids is 2. The molecule has 1 aliphatic rings.